The molecule has 0 aromatic heterocycles. The molecule has 0 aliphatic heterocycles. The molecule has 0 amide bonds. The van der Waals surface area contributed by atoms with E-state index in [-0.39, 0.29) is 0 Å². The van der Waals surface area contributed by atoms with E-state index in [4.69, 9.17) is 10.5 Å². The summed E-state index contributed by atoms with van der Waals surface area (Å²) in [6.07, 6.45) is 0. The van der Waals surface area contributed by atoms with Gasteiger partial charge in [0.2, 0.25) is 0 Å². The Morgan fingerprint density at radius 3 is 2.50 bits per heavy atom. The number of benzene rings is 1. The van der Waals surface area contributed by atoms with E-state index in [2.05, 4.69) is 24.4 Å². The summed E-state index contributed by atoms with van der Waals surface area (Å²) in [5.74, 6) is 0.889. The highest BCUT2D eigenvalue weighted by atomic mass is 16.5. The lowest BCUT2D eigenvalue weighted by Crippen LogP contribution is -2.32. The van der Waals surface area contributed by atoms with Crippen LogP contribution in [0, 0.1) is 0 Å². The maximum Gasteiger partial charge on any atom is 0.118 e. The first-order valence-corrected chi connectivity index (χ1v) is 4.82. The van der Waals surface area contributed by atoms with Gasteiger partial charge in [-0.15, -0.1) is 0 Å². The van der Waals surface area contributed by atoms with Gasteiger partial charge in [0.25, 0.3) is 0 Å². The molecule has 78 valence electrons. The Hall–Kier alpha value is -1.06. The highest BCUT2D eigenvalue weighted by Crippen LogP contribution is 2.10. The molecule has 0 radical (unpaired) electrons. The Labute approximate surface area is 85.3 Å². The fraction of sp³-hybridized carbons (Fsp3) is 0.455. The van der Waals surface area contributed by atoms with Crippen LogP contribution >= 0.6 is 0 Å². The Morgan fingerprint density at radius 2 is 2.00 bits per heavy atom. The summed E-state index contributed by atoms with van der Waals surface area (Å²) in [7, 11) is 1.67. The molecule has 0 fully saturated rings. The number of rotatable bonds is 5. The van der Waals surface area contributed by atoms with Crippen LogP contribution in [0.1, 0.15) is 12.5 Å². The molecule has 1 aromatic rings. The molecule has 1 aromatic carbocycles. The molecule has 0 saturated heterocycles. The molecule has 0 heterocycles. The number of nitrogens with one attached hydrogen (secondary N) is 1. The van der Waals surface area contributed by atoms with Gasteiger partial charge in [-0.05, 0) is 24.6 Å². The van der Waals surface area contributed by atoms with Crippen LogP contribution < -0.4 is 15.8 Å². The van der Waals surface area contributed by atoms with Crippen LogP contribution in [0.2, 0.25) is 0 Å². The highest BCUT2D eigenvalue weighted by molar-refractivity contribution is 5.26. The van der Waals surface area contributed by atoms with Crippen LogP contribution in [0.5, 0.6) is 5.75 Å². The van der Waals surface area contributed by atoms with E-state index in [1.807, 2.05) is 12.1 Å². The monoisotopic (exact) mass is 194 g/mol. The average molecular weight is 194 g/mol. The quantitative estimate of drug-likeness (QED) is 0.738. The third-order valence-electron chi connectivity index (χ3n) is 2.17. The minimum atomic E-state index is 0.358. The van der Waals surface area contributed by atoms with Crippen molar-refractivity contribution in [2.45, 2.75) is 19.5 Å². The van der Waals surface area contributed by atoms with Crippen LogP contribution in [-0.4, -0.2) is 19.7 Å². The minimum Gasteiger partial charge on any atom is -0.497 e. The van der Waals surface area contributed by atoms with Crippen molar-refractivity contribution >= 4 is 0 Å². The fourth-order valence-electron chi connectivity index (χ4n) is 1.12. The fourth-order valence-corrected chi connectivity index (χ4v) is 1.12. The zero-order valence-electron chi connectivity index (χ0n) is 8.79. The number of methoxy groups -OCH3 is 1. The van der Waals surface area contributed by atoms with Gasteiger partial charge in [-0.3, -0.25) is 0 Å². The molecule has 1 atom stereocenters. The topological polar surface area (TPSA) is 47.3 Å². The average Bonchev–Trinajstić information content (AvgIpc) is 2.26. The van der Waals surface area contributed by atoms with Crippen molar-refractivity contribution in [3.05, 3.63) is 29.8 Å². The van der Waals surface area contributed by atoms with Gasteiger partial charge >= 0.3 is 0 Å². The largest absolute Gasteiger partial charge is 0.497 e. The molecular weight excluding hydrogens is 176 g/mol. The molecule has 0 unspecified atom stereocenters. The minimum absolute atomic E-state index is 0.358. The molecule has 0 saturated carbocycles. The van der Waals surface area contributed by atoms with Crippen molar-refractivity contribution in [1.82, 2.24) is 5.32 Å². The molecule has 14 heavy (non-hydrogen) atoms. The van der Waals surface area contributed by atoms with Crippen molar-refractivity contribution < 1.29 is 4.74 Å². The van der Waals surface area contributed by atoms with E-state index in [9.17, 15) is 0 Å². The number of ether oxygens (including phenoxy) is 1. The molecular formula is C11H18N2O. The number of hydrogen-bond donors (Lipinski definition) is 2. The Bertz CT molecular complexity index is 258. The van der Waals surface area contributed by atoms with Gasteiger partial charge in [-0.1, -0.05) is 12.1 Å². The normalized spacial score (nSPS) is 12.5. The first kappa shape index (κ1) is 11.0. The highest BCUT2D eigenvalue weighted by Gasteiger charge is 1.98. The third kappa shape index (κ3) is 3.36. The van der Waals surface area contributed by atoms with Gasteiger partial charge in [0.05, 0.1) is 7.11 Å². The zero-order valence-corrected chi connectivity index (χ0v) is 8.79. The van der Waals surface area contributed by atoms with Crippen LogP contribution in [0.3, 0.4) is 0 Å². The van der Waals surface area contributed by atoms with E-state index < -0.39 is 0 Å². The summed E-state index contributed by atoms with van der Waals surface area (Å²) in [6.45, 7) is 3.59. The molecule has 0 aliphatic carbocycles. The molecule has 3 nitrogen and oxygen atoms in total. The maximum atomic E-state index is 5.50. The lowest BCUT2D eigenvalue weighted by molar-refractivity contribution is 0.414. The summed E-state index contributed by atoms with van der Waals surface area (Å²) in [5.41, 5.74) is 6.74. The van der Waals surface area contributed by atoms with Crippen LogP contribution in [-0.2, 0) is 6.54 Å². The second-order valence-electron chi connectivity index (χ2n) is 3.37. The second kappa shape index (κ2) is 5.62. The molecule has 3 heteroatoms. The van der Waals surface area contributed by atoms with E-state index >= 15 is 0 Å². The summed E-state index contributed by atoms with van der Waals surface area (Å²) < 4.78 is 5.08. The van der Waals surface area contributed by atoms with Gasteiger partial charge in [0.1, 0.15) is 5.75 Å². The van der Waals surface area contributed by atoms with Crippen LogP contribution in [0.4, 0.5) is 0 Å². The van der Waals surface area contributed by atoms with Crippen molar-refractivity contribution in [3.8, 4) is 5.75 Å². The van der Waals surface area contributed by atoms with Crippen molar-refractivity contribution in [2.24, 2.45) is 5.73 Å². The van der Waals surface area contributed by atoms with E-state index in [1.165, 1.54) is 5.56 Å². The Morgan fingerprint density at radius 1 is 1.36 bits per heavy atom. The summed E-state index contributed by atoms with van der Waals surface area (Å²) in [5, 5.41) is 3.32. The van der Waals surface area contributed by atoms with Gasteiger partial charge in [0.15, 0.2) is 0 Å². The lowest BCUT2D eigenvalue weighted by Gasteiger charge is -2.11. The number of hydrogen-bond acceptors (Lipinski definition) is 3. The van der Waals surface area contributed by atoms with Gasteiger partial charge in [-0.25, -0.2) is 0 Å². The molecule has 0 bridgehead atoms. The molecule has 3 N–H and O–H groups in total. The number of nitrogens with two attached hydrogens (primary N) is 1. The van der Waals surface area contributed by atoms with Gasteiger partial charge in [0, 0.05) is 19.1 Å². The van der Waals surface area contributed by atoms with E-state index in [0.29, 0.717) is 12.6 Å². The third-order valence-corrected chi connectivity index (χ3v) is 2.17. The Kier molecular flexibility index (Phi) is 4.43. The first-order chi connectivity index (χ1) is 6.76. The van der Waals surface area contributed by atoms with Crippen LogP contribution in [0.15, 0.2) is 24.3 Å². The van der Waals surface area contributed by atoms with Gasteiger partial charge in [-0.2, -0.15) is 0 Å². The summed E-state index contributed by atoms with van der Waals surface area (Å²) in [6, 6.07) is 8.38. The van der Waals surface area contributed by atoms with E-state index in [0.717, 1.165) is 12.3 Å². The maximum absolute atomic E-state index is 5.50. The lowest BCUT2D eigenvalue weighted by atomic mass is 10.2. The van der Waals surface area contributed by atoms with Crippen molar-refractivity contribution in [3.63, 3.8) is 0 Å². The molecule has 0 aliphatic rings. The second-order valence-corrected chi connectivity index (χ2v) is 3.37. The summed E-state index contributed by atoms with van der Waals surface area (Å²) >= 11 is 0. The predicted molar refractivity (Wildman–Crippen MR) is 58.4 cm³/mol. The van der Waals surface area contributed by atoms with Gasteiger partial charge < -0.3 is 15.8 Å². The molecule has 0 spiro atoms. The summed E-state index contributed by atoms with van der Waals surface area (Å²) in [4.78, 5) is 0. The predicted octanol–water partition coefficient (Wildman–Crippen LogP) is 1.13. The Balaban J connectivity index is 2.43. The van der Waals surface area contributed by atoms with Crippen molar-refractivity contribution in [1.29, 1.82) is 0 Å². The van der Waals surface area contributed by atoms with E-state index in [1.54, 1.807) is 7.11 Å². The molecule has 1 rings (SSSR count). The van der Waals surface area contributed by atoms with Crippen molar-refractivity contribution in [2.75, 3.05) is 13.7 Å². The first-order valence-electron chi connectivity index (χ1n) is 4.82. The zero-order chi connectivity index (χ0) is 10.4. The smallest absolute Gasteiger partial charge is 0.118 e. The SMILES string of the molecule is COc1ccc(CN[C@H](C)CN)cc1. The van der Waals surface area contributed by atoms with Crippen LogP contribution in [0.25, 0.3) is 0 Å². The standard InChI is InChI=1S/C11H18N2O/c1-9(7-12)13-8-10-3-5-11(14-2)6-4-10/h3-6,9,13H,7-8,12H2,1-2H3/t9-/m1/s1.